The molecule has 2 N–H and O–H groups in total. The molecule has 0 bridgehead atoms. The fraction of sp³-hybridized carbons (Fsp3) is 0.821. The van der Waals surface area contributed by atoms with Crippen LogP contribution in [-0.4, -0.2) is 82.7 Å². The van der Waals surface area contributed by atoms with Gasteiger partial charge in [-0.1, -0.05) is 84.0 Å². The lowest BCUT2D eigenvalue weighted by Gasteiger charge is -2.60. The molecule has 4 fully saturated rings. The summed E-state index contributed by atoms with van der Waals surface area (Å²) in [5.41, 5.74) is 0. The molecule has 1 saturated carbocycles. The number of carbonyl (C=O) groups is 5. The first-order chi connectivity index (χ1) is 18.4. The Bertz CT molecular complexity index is 845. The van der Waals surface area contributed by atoms with Crippen molar-refractivity contribution in [3.63, 3.8) is 0 Å². The van der Waals surface area contributed by atoms with E-state index in [0.717, 1.165) is 19.3 Å². The Morgan fingerprint density at radius 1 is 0.632 bits per heavy atom. The Balaban J connectivity index is 1.19. The second-order valence-corrected chi connectivity index (χ2v) is 11.4. The number of carbonyl (C=O) groups excluding carboxylic acids is 5. The molecule has 0 radical (unpaired) electrons. The molecule has 0 aromatic carbocycles. The number of urea groups is 2. The highest BCUT2D eigenvalue weighted by Crippen LogP contribution is 2.46. The van der Waals surface area contributed by atoms with Crippen LogP contribution in [0.1, 0.15) is 96.8 Å². The van der Waals surface area contributed by atoms with Gasteiger partial charge in [0.25, 0.3) is 0 Å². The molecule has 4 unspecified atom stereocenters. The third-order valence-electron chi connectivity index (χ3n) is 8.85. The molecule has 4 rings (SSSR count). The molecule has 10 heteroatoms. The molecule has 212 valence electrons. The third kappa shape index (κ3) is 6.31. The van der Waals surface area contributed by atoms with E-state index >= 15 is 0 Å². The summed E-state index contributed by atoms with van der Waals surface area (Å²) >= 11 is 0. The number of fused-ring (bicyclic) bond motifs is 1. The predicted octanol–water partition coefficient (Wildman–Crippen LogP) is 3.40. The van der Waals surface area contributed by atoms with Crippen molar-refractivity contribution in [2.24, 2.45) is 11.8 Å². The molecule has 7 amide bonds. The Kier molecular flexibility index (Phi) is 10.0. The minimum absolute atomic E-state index is 0.0254. The van der Waals surface area contributed by atoms with Crippen molar-refractivity contribution in [2.75, 3.05) is 26.2 Å². The van der Waals surface area contributed by atoms with Crippen LogP contribution in [0.4, 0.5) is 9.59 Å². The van der Waals surface area contributed by atoms with Gasteiger partial charge in [-0.3, -0.25) is 25.0 Å². The van der Waals surface area contributed by atoms with Crippen molar-refractivity contribution in [1.82, 2.24) is 25.3 Å². The number of nitrogens with one attached hydrogen (secondary N) is 2. The molecule has 10 nitrogen and oxygen atoms in total. The van der Waals surface area contributed by atoms with Crippen LogP contribution in [0.3, 0.4) is 0 Å². The third-order valence-corrected chi connectivity index (χ3v) is 8.85. The molecular formula is C28H45N5O5. The van der Waals surface area contributed by atoms with E-state index in [4.69, 9.17) is 0 Å². The van der Waals surface area contributed by atoms with E-state index in [9.17, 15) is 24.0 Å². The number of unbranched alkanes of at least 4 members (excludes halogenated alkanes) is 12. The molecule has 3 heterocycles. The van der Waals surface area contributed by atoms with Crippen LogP contribution >= 0.6 is 0 Å². The standard InChI is InChI=1S/C28H45N5O5/c1-2-3-4-5-6-7-8-9-10-11-12-13-14-15-20(34)31-16-18-32-23-21(25(35)29-27(32)37)22-24(23)33(19-17-31)28(38)30-26(22)36/h21-24H,2-19H2,1H3,(H,29,35,37)(H,30,36,38). The summed E-state index contributed by atoms with van der Waals surface area (Å²) in [4.78, 5) is 68.1. The molecule has 3 aliphatic heterocycles. The number of imide groups is 2. The zero-order valence-electron chi connectivity index (χ0n) is 22.9. The summed E-state index contributed by atoms with van der Waals surface area (Å²) in [6, 6.07) is -2.07. The highest BCUT2D eigenvalue weighted by Gasteiger charge is 2.67. The van der Waals surface area contributed by atoms with Crippen molar-refractivity contribution in [3.05, 3.63) is 0 Å². The summed E-state index contributed by atoms with van der Waals surface area (Å²) < 4.78 is 0. The van der Waals surface area contributed by atoms with E-state index in [0.29, 0.717) is 19.5 Å². The Morgan fingerprint density at radius 2 is 1.03 bits per heavy atom. The summed E-state index contributed by atoms with van der Waals surface area (Å²) in [6.45, 7) is 3.50. The smallest absolute Gasteiger partial charge is 0.324 e. The summed E-state index contributed by atoms with van der Waals surface area (Å²) in [6.07, 6.45) is 16.7. The molecule has 4 aliphatic rings. The fourth-order valence-electron chi connectivity index (χ4n) is 6.66. The van der Waals surface area contributed by atoms with Crippen molar-refractivity contribution >= 4 is 29.8 Å². The molecule has 4 atom stereocenters. The van der Waals surface area contributed by atoms with Crippen LogP contribution in [0, 0.1) is 11.8 Å². The Labute approximate surface area is 226 Å². The van der Waals surface area contributed by atoms with Crippen molar-refractivity contribution in [3.8, 4) is 0 Å². The van der Waals surface area contributed by atoms with Gasteiger partial charge in [0, 0.05) is 32.6 Å². The number of nitrogens with zero attached hydrogens (tertiary/aromatic N) is 3. The molecule has 38 heavy (non-hydrogen) atoms. The lowest BCUT2D eigenvalue weighted by molar-refractivity contribution is -0.162. The number of hydrogen-bond donors (Lipinski definition) is 2. The van der Waals surface area contributed by atoms with Crippen LogP contribution in [0.2, 0.25) is 0 Å². The zero-order chi connectivity index (χ0) is 27.1. The van der Waals surface area contributed by atoms with Gasteiger partial charge in [-0.25, -0.2) is 9.59 Å². The van der Waals surface area contributed by atoms with E-state index in [-0.39, 0.29) is 19.0 Å². The highest BCUT2D eigenvalue weighted by atomic mass is 16.2. The number of rotatable bonds is 14. The van der Waals surface area contributed by atoms with Crippen molar-refractivity contribution in [2.45, 2.75) is 109 Å². The molecule has 0 spiro atoms. The minimum atomic E-state index is -0.665. The molecule has 0 aromatic heterocycles. The quantitative estimate of drug-likeness (QED) is 0.333. The molecular weight excluding hydrogens is 486 g/mol. The summed E-state index contributed by atoms with van der Waals surface area (Å²) in [7, 11) is 0. The highest BCUT2D eigenvalue weighted by molar-refractivity contribution is 6.07. The monoisotopic (exact) mass is 531 g/mol. The first kappa shape index (κ1) is 28.4. The SMILES string of the molecule is CCCCCCCCCCCCCCCC(=O)N1CCN2C(=O)NC(=O)C3C4C(=O)NC(=O)N(CC1)C4C32. The van der Waals surface area contributed by atoms with Crippen molar-refractivity contribution in [1.29, 1.82) is 0 Å². The maximum Gasteiger partial charge on any atom is 0.324 e. The van der Waals surface area contributed by atoms with E-state index in [1.807, 2.05) is 0 Å². The Hall–Kier alpha value is -2.65. The van der Waals surface area contributed by atoms with Crippen LogP contribution < -0.4 is 10.6 Å². The molecule has 0 aromatic rings. The maximum absolute atomic E-state index is 13.0. The normalized spacial score (nSPS) is 26.6. The van der Waals surface area contributed by atoms with Gasteiger partial charge in [-0.05, 0) is 6.42 Å². The molecule has 1 aliphatic carbocycles. The van der Waals surface area contributed by atoms with Crippen LogP contribution in [0.15, 0.2) is 0 Å². The van der Waals surface area contributed by atoms with Gasteiger partial charge in [-0.2, -0.15) is 0 Å². The lowest BCUT2D eigenvalue weighted by Crippen LogP contribution is -2.82. The second-order valence-electron chi connectivity index (χ2n) is 11.4. The van der Waals surface area contributed by atoms with Gasteiger partial charge < -0.3 is 14.7 Å². The largest absolute Gasteiger partial charge is 0.339 e. The Morgan fingerprint density at radius 3 is 1.45 bits per heavy atom. The van der Waals surface area contributed by atoms with Gasteiger partial charge in [-0.15, -0.1) is 0 Å². The first-order valence-corrected chi connectivity index (χ1v) is 14.9. The van der Waals surface area contributed by atoms with Crippen LogP contribution in [0.25, 0.3) is 0 Å². The summed E-state index contributed by atoms with van der Waals surface area (Å²) in [5.74, 6) is -2.23. The number of amides is 7. The van der Waals surface area contributed by atoms with Crippen molar-refractivity contribution < 1.29 is 24.0 Å². The van der Waals surface area contributed by atoms with Gasteiger partial charge >= 0.3 is 12.1 Å². The number of hydrogen-bond acceptors (Lipinski definition) is 5. The lowest BCUT2D eigenvalue weighted by atomic mass is 9.61. The van der Waals surface area contributed by atoms with Crippen LogP contribution in [0.5, 0.6) is 0 Å². The molecule has 3 saturated heterocycles. The topological polar surface area (TPSA) is 119 Å². The van der Waals surface area contributed by atoms with E-state index < -0.39 is 47.8 Å². The van der Waals surface area contributed by atoms with E-state index in [1.165, 1.54) is 64.2 Å². The van der Waals surface area contributed by atoms with Gasteiger partial charge in [0.2, 0.25) is 17.7 Å². The average Bonchev–Trinajstić information content (AvgIpc) is 2.94. The minimum Gasteiger partial charge on any atom is -0.339 e. The fourth-order valence-corrected chi connectivity index (χ4v) is 6.66. The van der Waals surface area contributed by atoms with E-state index in [1.54, 1.807) is 14.7 Å². The first-order valence-electron chi connectivity index (χ1n) is 14.9. The average molecular weight is 532 g/mol. The van der Waals surface area contributed by atoms with Crippen LogP contribution in [-0.2, 0) is 14.4 Å². The van der Waals surface area contributed by atoms with E-state index in [2.05, 4.69) is 17.6 Å². The maximum atomic E-state index is 13.0. The predicted molar refractivity (Wildman–Crippen MR) is 142 cm³/mol. The zero-order valence-corrected chi connectivity index (χ0v) is 22.9. The van der Waals surface area contributed by atoms with Gasteiger partial charge in [0.05, 0.1) is 23.9 Å². The van der Waals surface area contributed by atoms with Gasteiger partial charge in [0.15, 0.2) is 0 Å². The summed E-state index contributed by atoms with van der Waals surface area (Å²) in [5, 5.41) is 4.71. The van der Waals surface area contributed by atoms with Gasteiger partial charge in [0.1, 0.15) is 0 Å². The second kappa shape index (κ2) is 13.4.